The molecule has 0 aliphatic heterocycles. The first-order valence-electron chi connectivity index (χ1n) is 5.27. The predicted molar refractivity (Wildman–Crippen MR) is 85.9 cm³/mol. The molecule has 0 saturated heterocycles. The zero-order chi connectivity index (χ0) is 14.6. The number of hydrogen-bond donors (Lipinski definition) is 1. The number of carbonyl (C=O) groups excluding carboxylic acids is 1. The summed E-state index contributed by atoms with van der Waals surface area (Å²) in [5.41, 5.74) is -1.76. The lowest BCUT2D eigenvalue weighted by molar-refractivity contribution is -0.134. The van der Waals surface area contributed by atoms with Gasteiger partial charge in [0, 0.05) is 16.3 Å². The van der Waals surface area contributed by atoms with Crippen molar-refractivity contribution in [2.24, 2.45) is 0 Å². The Bertz CT molecular complexity index is 566. The highest BCUT2D eigenvalue weighted by Gasteiger charge is 2.18. The summed E-state index contributed by atoms with van der Waals surface area (Å²) < 4.78 is 4.59. The Morgan fingerprint density at radius 1 is 1.58 bits per heavy atom. The van der Waals surface area contributed by atoms with Gasteiger partial charge in [0.15, 0.2) is 5.62 Å². The van der Waals surface area contributed by atoms with Gasteiger partial charge >= 0.3 is 5.97 Å². The second kappa shape index (κ2) is 6.91. The maximum atomic E-state index is 11.3. The van der Waals surface area contributed by atoms with Gasteiger partial charge in [-0.2, -0.15) is 0 Å². The van der Waals surface area contributed by atoms with Gasteiger partial charge in [-0.05, 0) is 54.3 Å². The van der Waals surface area contributed by atoms with E-state index in [-0.39, 0.29) is 0 Å². The Hall–Kier alpha value is -0.320. The number of esters is 1. The topological polar surface area (TPSA) is 46.5 Å². The Morgan fingerprint density at radius 3 is 2.68 bits per heavy atom. The molecule has 1 unspecified atom stereocenters. The second-order valence-electron chi connectivity index (χ2n) is 3.74. The lowest BCUT2D eigenvalue weighted by Gasteiger charge is -2.14. The van der Waals surface area contributed by atoms with E-state index in [9.17, 15) is 9.69 Å². The normalized spacial score (nSPS) is 14.9. The number of allylic oxidation sites excluding steroid dienone is 1. The number of ether oxygens (including phenoxy) is 1. The van der Waals surface area contributed by atoms with Gasteiger partial charge in [-0.25, -0.2) is 4.79 Å². The number of benzene rings is 1. The van der Waals surface area contributed by atoms with E-state index in [1.807, 2.05) is 18.4 Å². The summed E-state index contributed by atoms with van der Waals surface area (Å²) in [6.45, 7) is 1.75. The standard InChI is InChI=1S/C12H14ClO3PS2/c1-8(6-12(14)16-2)10-7-9(19-3)4-5-11(10)17(13,15)18/h4-7H,1-3H3,(H,15,18). The van der Waals surface area contributed by atoms with Crippen LogP contribution in [-0.2, 0) is 21.3 Å². The van der Waals surface area contributed by atoms with Gasteiger partial charge in [0.1, 0.15) is 0 Å². The van der Waals surface area contributed by atoms with Crippen LogP contribution in [0, 0.1) is 0 Å². The van der Waals surface area contributed by atoms with E-state index in [1.165, 1.54) is 13.2 Å². The van der Waals surface area contributed by atoms with E-state index in [0.717, 1.165) is 4.90 Å². The molecule has 0 spiro atoms. The van der Waals surface area contributed by atoms with Gasteiger partial charge in [-0.3, -0.25) is 0 Å². The van der Waals surface area contributed by atoms with Gasteiger partial charge in [-0.1, -0.05) is 11.2 Å². The van der Waals surface area contributed by atoms with E-state index in [2.05, 4.69) is 4.74 Å². The van der Waals surface area contributed by atoms with Crippen LogP contribution in [0.15, 0.2) is 29.2 Å². The van der Waals surface area contributed by atoms with Crippen molar-refractivity contribution >= 4 is 57.3 Å². The van der Waals surface area contributed by atoms with Crippen LogP contribution in [0.2, 0.25) is 0 Å². The number of thioether (sulfide) groups is 1. The summed E-state index contributed by atoms with van der Waals surface area (Å²) in [7, 11) is 1.31. The molecular weight excluding hydrogens is 323 g/mol. The fourth-order valence-corrected chi connectivity index (χ4v) is 3.67. The average Bonchev–Trinajstić information content (AvgIpc) is 2.36. The molecule has 1 aromatic rings. The first-order valence-corrected chi connectivity index (χ1v) is 10.2. The molecule has 104 valence electrons. The summed E-state index contributed by atoms with van der Waals surface area (Å²) in [5, 5.41) is 0.486. The smallest absolute Gasteiger partial charge is 0.330 e. The second-order valence-corrected chi connectivity index (χ2v) is 9.76. The highest BCUT2D eigenvalue weighted by atomic mass is 35.7. The zero-order valence-electron chi connectivity index (χ0n) is 10.7. The van der Waals surface area contributed by atoms with Crippen molar-refractivity contribution in [3.8, 4) is 0 Å². The third-order valence-corrected chi connectivity index (χ3v) is 5.31. The molecule has 1 N–H and O–H groups in total. The number of carbonyl (C=O) groups is 1. The number of rotatable bonds is 4. The molecule has 0 fully saturated rings. The van der Waals surface area contributed by atoms with Crippen LogP contribution in [0.4, 0.5) is 0 Å². The van der Waals surface area contributed by atoms with Gasteiger partial charge in [-0.15, -0.1) is 11.8 Å². The SMILES string of the molecule is COC(=O)C=C(C)c1cc(SC)ccc1P(O)(=S)Cl. The quantitative estimate of drug-likeness (QED) is 0.396. The van der Waals surface area contributed by atoms with Crippen molar-refractivity contribution < 1.29 is 14.4 Å². The third-order valence-electron chi connectivity index (χ3n) is 2.46. The minimum absolute atomic E-state index is 0.459. The Kier molecular flexibility index (Phi) is 6.09. The van der Waals surface area contributed by atoms with E-state index < -0.39 is 11.6 Å². The van der Waals surface area contributed by atoms with Gasteiger partial charge in [0.25, 0.3) is 0 Å². The molecule has 0 saturated carbocycles. The number of hydrogen-bond acceptors (Lipinski definition) is 4. The molecular formula is C12H14ClO3PS2. The molecule has 0 radical (unpaired) electrons. The largest absolute Gasteiger partial charge is 0.466 e. The van der Waals surface area contributed by atoms with E-state index in [4.69, 9.17) is 23.0 Å². The molecule has 0 aromatic heterocycles. The van der Waals surface area contributed by atoms with Gasteiger partial charge in [0.05, 0.1) is 7.11 Å². The third kappa shape index (κ3) is 4.62. The highest BCUT2D eigenvalue weighted by molar-refractivity contribution is 8.27. The van der Waals surface area contributed by atoms with E-state index in [0.29, 0.717) is 16.4 Å². The van der Waals surface area contributed by atoms with Crippen LogP contribution in [0.25, 0.3) is 5.57 Å². The monoisotopic (exact) mass is 336 g/mol. The molecule has 0 heterocycles. The molecule has 0 aliphatic carbocycles. The molecule has 1 rings (SSSR count). The molecule has 0 aliphatic rings. The van der Waals surface area contributed by atoms with Crippen molar-refractivity contribution in [3.63, 3.8) is 0 Å². The van der Waals surface area contributed by atoms with Crippen LogP contribution in [0.5, 0.6) is 0 Å². The number of methoxy groups -OCH3 is 1. The summed E-state index contributed by atoms with van der Waals surface area (Å²) in [6.07, 6.45) is 3.29. The number of halogens is 1. The summed E-state index contributed by atoms with van der Waals surface area (Å²) >= 11 is 12.4. The Labute approximate surface area is 126 Å². The van der Waals surface area contributed by atoms with Gasteiger partial charge in [0.2, 0.25) is 0 Å². The molecule has 1 aromatic carbocycles. The lowest BCUT2D eigenvalue weighted by Crippen LogP contribution is -2.08. The maximum absolute atomic E-state index is 11.3. The minimum Gasteiger partial charge on any atom is -0.466 e. The minimum atomic E-state index is -3.09. The van der Waals surface area contributed by atoms with Crippen molar-refractivity contribution in [3.05, 3.63) is 29.8 Å². The average molecular weight is 337 g/mol. The first kappa shape index (κ1) is 16.7. The Balaban J connectivity index is 3.42. The van der Waals surface area contributed by atoms with Crippen LogP contribution < -0.4 is 5.30 Å². The molecule has 0 bridgehead atoms. The van der Waals surface area contributed by atoms with Crippen molar-refractivity contribution in [1.29, 1.82) is 0 Å². The fourth-order valence-electron chi connectivity index (χ4n) is 1.51. The van der Waals surface area contributed by atoms with Crippen molar-refractivity contribution in [1.82, 2.24) is 0 Å². The first-order chi connectivity index (χ1) is 8.79. The fraction of sp³-hybridized carbons (Fsp3) is 0.250. The van der Waals surface area contributed by atoms with Crippen molar-refractivity contribution in [2.75, 3.05) is 13.4 Å². The Morgan fingerprint density at radius 2 is 2.21 bits per heavy atom. The van der Waals surface area contributed by atoms with Crippen LogP contribution in [-0.4, -0.2) is 24.2 Å². The highest BCUT2D eigenvalue weighted by Crippen LogP contribution is 2.47. The molecule has 1 atom stereocenters. The van der Waals surface area contributed by atoms with Crippen molar-refractivity contribution in [2.45, 2.75) is 11.8 Å². The maximum Gasteiger partial charge on any atom is 0.330 e. The summed E-state index contributed by atoms with van der Waals surface area (Å²) in [6, 6.07) is 5.41. The predicted octanol–water partition coefficient (Wildman–Crippen LogP) is 3.15. The zero-order valence-corrected chi connectivity index (χ0v) is 14.0. The van der Waals surface area contributed by atoms with E-state index in [1.54, 1.807) is 24.8 Å². The molecule has 19 heavy (non-hydrogen) atoms. The molecule has 7 heteroatoms. The van der Waals surface area contributed by atoms with E-state index >= 15 is 0 Å². The molecule has 0 amide bonds. The lowest BCUT2D eigenvalue weighted by atomic mass is 10.1. The van der Waals surface area contributed by atoms with Crippen LogP contribution >= 0.6 is 28.6 Å². The van der Waals surface area contributed by atoms with Crippen LogP contribution in [0.3, 0.4) is 0 Å². The summed E-state index contributed by atoms with van der Waals surface area (Å²) in [4.78, 5) is 22.2. The van der Waals surface area contributed by atoms with Gasteiger partial charge < -0.3 is 9.63 Å². The molecule has 3 nitrogen and oxygen atoms in total. The summed E-state index contributed by atoms with van der Waals surface area (Å²) in [5.74, 6) is -0.459. The van der Waals surface area contributed by atoms with Crippen LogP contribution in [0.1, 0.15) is 12.5 Å².